The van der Waals surface area contributed by atoms with Crippen LogP contribution in [0.25, 0.3) is 11.1 Å². The van der Waals surface area contributed by atoms with Gasteiger partial charge in [0.05, 0.1) is 12.2 Å². The average molecular weight is 474 g/mol. The van der Waals surface area contributed by atoms with E-state index >= 15 is 0 Å². The van der Waals surface area contributed by atoms with Gasteiger partial charge in [0.15, 0.2) is 0 Å². The molecule has 1 aliphatic rings. The number of rotatable bonds is 9. The smallest absolute Gasteiger partial charge is 0.254 e. The Morgan fingerprint density at radius 2 is 1.77 bits per heavy atom. The van der Waals surface area contributed by atoms with E-state index in [0.29, 0.717) is 17.7 Å². The predicted octanol–water partition coefficient (Wildman–Crippen LogP) is 4.51. The van der Waals surface area contributed by atoms with Crippen molar-refractivity contribution in [3.8, 4) is 11.1 Å². The Hall–Kier alpha value is -3.45. The summed E-state index contributed by atoms with van der Waals surface area (Å²) in [5.41, 5.74) is 4.22. The van der Waals surface area contributed by atoms with E-state index in [9.17, 15) is 9.59 Å². The number of nitrogens with zero attached hydrogens (tertiary/aromatic N) is 3. The Morgan fingerprint density at radius 1 is 1.03 bits per heavy atom. The summed E-state index contributed by atoms with van der Waals surface area (Å²) < 4.78 is 0. The SMILES string of the molecule is C[C@H](c1cccc(C(=O)NC2CCCC2)c1)N(CCN(C)C)C(=O)c1ccc(-c2cn[nH]c2)cc1. The first-order chi connectivity index (χ1) is 16.9. The molecule has 1 aromatic heterocycles. The summed E-state index contributed by atoms with van der Waals surface area (Å²) in [4.78, 5) is 30.4. The van der Waals surface area contributed by atoms with Gasteiger partial charge in [-0.25, -0.2) is 0 Å². The molecule has 1 atom stereocenters. The van der Waals surface area contributed by atoms with Crippen LogP contribution in [0.15, 0.2) is 60.9 Å². The van der Waals surface area contributed by atoms with E-state index in [0.717, 1.165) is 36.1 Å². The zero-order valence-electron chi connectivity index (χ0n) is 20.8. The van der Waals surface area contributed by atoms with E-state index in [1.165, 1.54) is 12.8 Å². The van der Waals surface area contributed by atoms with Gasteiger partial charge in [-0.1, -0.05) is 37.1 Å². The second-order valence-corrected chi connectivity index (χ2v) is 9.62. The quantitative estimate of drug-likeness (QED) is 0.479. The molecule has 0 radical (unpaired) electrons. The van der Waals surface area contributed by atoms with E-state index in [-0.39, 0.29) is 23.9 Å². The molecule has 2 aromatic carbocycles. The van der Waals surface area contributed by atoms with Crippen LogP contribution in [-0.4, -0.2) is 65.0 Å². The maximum absolute atomic E-state index is 13.6. The molecular weight excluding hydrogens is 438 g/mol. The van der Waals surface area contributed by atoms with Gasteiger partial charge in [-0.3, -0.25) is 14.7 Å². The van der Waals surface area contributed by atoms with Gasteiger partial charge in [-0.2, -0.15) is 5.10 Å². The lowest BCUT2D eigenvalue weighted by Crippen LogP contribution is -2.38. The van der Waals surface area contributed by atoms with Crippen LogP contribution >= 0.6 is 0 Å². The number of benzene rings is 2. The molecule has 0 saturated heterocycles. The highest BCUT2D eigenvalue weighted by molar-refractivity contribution is 5.96. The molecule has 1 fully saturated rings. The normalized spacial score (nSPS) is 14.7. The molecule has 0 bridgehead atoms. The molecule has 0 spiro atoms. The minimum Gasteiger partial charge on any atom is -0.349 e. The van der Waals surface area contributed by atoms with Gasteiger partial charge in [-0.15, -0.1) is 0 Å². The fourth-order valence-electron chi connectivity index (χ4n) is 4.62. The number of carbonyl (C=O) groups is 2. The fraction of sp³-hybridized carbons (Fsp3) is 0.393. The van der Waals surface area contributed by atoms with Gasteiger partial charge >= 0.3 is 0 Å². The summed E-state index contributed by atoms with van der Waals surface area (Å²) >= 11 is 0. The Morgan fingerprint density at radius 3 is 2.43 bits per heavy atom. The number of nitrogens with one attached hydrogen (secondary N) is 2. The summed E-state index contributed by atoms with van der Waals surface area (Å²) in [5.74, 6) is -0.0640. The Kier molecular flexibility index (Phi) is 7.98. The van der Waals surface area contributed by atoms with Gasteiger partial charge in [-0.05, 0) is 69.3 Å². The summed E-state index contributed by atoms with van der Waals surface area (Å²) in [6.07, 6.45) is 8.04. The van der Waals surface area contributed by atoms with Crippen molar-refractivity contribution in [1.29, 1.82) is 0 Å². The van der Waals surface area contributed by atoms with Crippen LogP contribution in [0.4, 0.5) is 0 Å². The van der Waals surface area contributed by atoms with E-state index in [4.69, 9.17) is 0 Å². The summed E-state index contributed by atoms with van der Waals surface area (Å²) in [5, 5.41) is 9.98. The van der Waals surface area contributed by atoms with Gasteiger partial charge in [0, 0.05) is 42.0 Å². The third kappa shape index (κ3) is 6.17. The van der Waals surface area contributed by atoms with Crippen molar-refractivity contribution in [2.75, 3.05) is 27.2 Å². The molecule has 35 heavy (non-hydrogen) atoms. The Bertz CT molecular complexity index is 1120. The zero-order valence-corrected chi connectivity index (χ0v) is 20.8. The number of aromatic nitrogens is 2. The highest BCUT2D eigenvalue weighted by atomic mass is 16.2. The highest BCUT2D eigenvalue weighted by Crippen LogP contribution is 2.25. The fourth-order valence-corrected chi connectivity index (χ4v) is 4.62. The first-order valence-corrected chi connectivity index (χ1v) is 12.4. The third-order valence-electron chi connectivity index (χ3n) is 6.80. The largest absolute Gasteiger partial charge is 0.349 e. The van der Waals surface area contributed by atoms with Crippen LogP contribution in [0.5, 0.6) is 0 Å². The number of H-pyrrole nitrogens is 1. The molecule has 2 N–H and O–H groups in total. The van der Waals surface area contributed by atoms with Crippen LogP contribution < -0.4 is 5.32 Å². The maximum Gasteiger partial charge on any atom is 0.254 e. The van der Waals surface area contributed by atoms with Gasteiger partial charge < -0.3 is 15.1 Å². The number of amides is 2. The molecule has 7 nitrogen and oxygen atoms in total. The number of carbonyl (C=O) groups excluding carboxylic acids is 2. The lowest BCUT2D eigenvalue weighted by molar-refractivity contribution is 0.0677. The second kappa shape index (κ2) is 11.3. The van der Waals surface area contributed by atoms with E-state index in [1.807, 2.05) is 80.6 Å². The third-order valence-corrected chi connectivity index (χ3v) is 6.80. The number of aromatic amines is 1. The molecule has 0 unspecified atom stereocenters. The standard InChI is InChI=1S/C28H35N5O2/c1-20(23-7-6-8-24(17-23)27(34)31-26-9-4-5-10-26)33(16-15-32(2)3)28(35)22-13-11-21(12-14-22)25-18-29-30-19-25/h6-8,11-14,17-20,26H,4-5,9-10,15-16H2,1-3H3,(H,29,30)(H,31,34)/t20-/m1/s1. The monoisotopic (exact) mass is 473 g/mol. The predicted molar refractivity (Wildman–Crippen MR) is 138 cm³/mol. The van der Waals surface area contributed by atoms with Crippen molar-refractivity contribution in [2.24, 2.45) is 0 Å². The number of hydrogen-bond acceptors (Lipinski definition) is 4. The van der Waals surface area contributed by atoms with Crippen LogP contribution in [0.3, 0.4) is 0 Å². The van der Waals surface area contributed by atoms with Crippen molar-refractivity contribution in [1.82, 2.24) is 25.3 Å². The Labute approximate surface area is 207 Å². The zero-order chi connectivity index (χ0) is 24.8. The van der Waals surface area contributed by atoms with E-state index in [1.54, 1.807) is 6.20 Å². The molecular formula is C28H35N5O2. The van der Waals surface area contributed by atoms with Crippen LogP contribution in [-0.2, 0) is 0 Å². The van der Waals surface area contributed by atoms with Gasteiger partial charge in [0.25, 0.3) is 11.8 Å². The molecule has 1 heterocycles. The first-order valence-electron chi connectivity index (χ1n) is 12.4. The molecule has 2 amide bonds. The average Bonchev–Trinajstić information content (AvgIpc) is 3.59. The molecule has 7 heteroatoms. The molecule has 184 valence electrons. The van der Waals surface area contributed by atoms with Crippen LogP contribution in [0.1, 0.15) is 64.9 Å². The van der Waals surface area contributed by atoms with Crippen molar-refractivity contribution in [3.63, 3.8) is 0 Å². The highest BCUT2D eigenvalue weighted by Gasteiger charge is 2.24. The second-order valence-electron chi connectivity index (χ2n) is 9.62. The van der Waals surface area contributed by atoms with Crippen LogP contribution in [0.2, 0.25) is 0 Å². The van der Waals surface area contributed by atoms with E-state index in [2.05, 4.69) is 20.4 Å². The Balaban J connectivity index is 1.54. The van der Waals surface area contributed by atoms with Crippen molar-refractivity contribution in [2.45, 2.75) is 44.7 Å². The summed E-state index contributed by atoms with van der Waals surface area (Å²) in [6.45, 7) is 3.35. The molecule has 1 aliphatic carbocycles. The molecule has 3 aromatic rings. The van der Waals surface area contributed by atoms with Crippen molar-refractivity contribution >= 4 is 11.8 Å². The van der Waals surface area contributed by atoms with Crippen LogP contribution in [0, 0.1) is 0 Å². The van der Waals surface area contributed by atoms with E-state index < -0.39 is 0 Å². The lowest BCUT2D eigenvalue weighted by Gasteiger charge is -2.31. The molecule has 0 aliphatic heterocycles. The maximum atomic E-state index is 13.6. The molecule has 4 rings (SSSR count). The number of hydrogen-bond donors (Lipinski definition) is 2. The topological polar surface area (TPSA) is 81.3 Å². The summed E-state index contributed by atoms with van der Waals surface area (Å²) in [6, 6.07) is 15.4. The van der Waals surface area contributed by atoms with Gasteiger partial charge in [0.2, 0.25) is 0 Å². The van der Waals surface area contributed by atoms with Crippen molar-refractivity contribution < 1.29 is 9.59 Å². The first kappa shape index (κ1) is 24.7. The lowest BCUT2D eigenvalue weighted by atomic mass is 10.0. The summed E-state index contributed by atoms with van der Waals surface area (Å²) in [7, 11) is 4.00. The minimum absolute atomic E-state index is 0.0288. The minimum atomic E-state index is -0.185. The van der Waals surface area contributed by atoms with Gasteiger partial charge in [0.1, 0.15) is 0 Å². The molecule has 1 saturated carbocycles. The number of likely N-dealkylation sites (N-methyl/N-ethyl adjacent to an activating group) is 1. The van der Waals surface area contributed by atoms with Crippen molar-refractivity contribution in [3.05, 3.63) is 77.6 Å².